The fraction of sp³-hybridized carbons (Fsp3) is 0.333. The van der Waals surface area contributed by atoms with Crippen LogP contribution in [0.3, 0.4) is 0 Å². The van der Waals surface area contributed by atoms with Gasteiger partial charge in [-0.2, -0.15) is 0 Å². The maximum atomic E-state index is 6.83. The molecule has 4 aliphatic rings. The van der Waals surface area contributed by atoms with Crippen molar-refractivity contribution >= 4 is 43.6 Å². The third-order valence-corrected chi connectivity index (χ3v) is 29.7. The second-order valence-electron chi connectivity index (χ2n) is 37.0. The zero-order valence-corrected chi connectivity index (χ0v) is 76.9. The van der Waals surface area contributed by atoms with E-state index in [1.54, 1.807) is 0 Å². The molecule has 0 aromatic heterocycles. The minimum Gasteiger partial charge on any atom is -0.488 e. The molecular weight excluding hydrogens is 1540 g/mol. The average Bonchev–Trinajstić information content (AvgIpc) is 0.731. The number of hydrogen-bond donors (Lipinski definition) is 0. The zero-order chi connectivity index (χ0) is 84.8. The van der Waals surface area contributed by atoms with Gasteiger partial charge in [0.2, 0.25) is 0 Å². The van der Waals surface area contributed by atoms with E-state index >= 15 is 0 Å². The van der Waals surface area contributed by atoms with E-state index in [4.69, 9.17) is 33.2 Å². The Morgan fingerprint density at radius 3 is 0.571 bits per heavy atom. The van der Waals surface area contributed by atoms with Gasteiger partial charge in [0.05, 0.1) is 43.6 Å². The lowest BCUT2D eigenvalue weighted by molar-refractivity contribution is -0.145. The van der Waals surface area contributed by atoms with Crippen molar-refractivity contribution < 1.29 is 33.2 Å². The number of hydrogen-bond acceptors (Lipinski definition) is 7. The molecule has 4 aliphatic carbocycles. The van der Waals surface area contributed by atoms with E-state index in [1.165, 1.54) is 90.8 Å². The van der Waals surface area contributed by atoms with Crippen molar-refractivity contribution in [3.63, 3.8) is 0 Å². The first kappa shape index (κ1) is 88.9. The highest BCUT2D eigenvalue weighted by molar-refractivity contribution is 7.98. The Bertz CT molecular complexity index is 4750. The van der Waals surface area contributed by atoms with Crippen molar-refractivity contribution in [3.8, 4) is 40.2 Å². The molecule has 0 amide bonds. The van der Waals surface area contributed by atoms with E-state index in [1.807, 2.05) is 0 Å². The first-order valence-corrected chi connectivity index (χ1v) is 47.2. The van der Waals surface area contributed by atoms with Crippen LogP contribution in [0.5, 0.6) is 40.2 Å². The van der Waals surface area contributed by atoms with Gasteiger partial charge in [0.15, 0.2) is 58.7 Å². The molecule has 0 aliphatic heterocycles. The van der Waals surface area contributed by atoms with Gasteiger partial charge < -0.3 is 33.2 Å². The van der Waals surface area contributed by atoms with Crippen LogP contribution >= 0.6 is 0 Å². The Labute approximate surface area is 724 Å². The maximum absolute atomic E-state index is 6.83. The molecule has 4 bridgehead atoms. The van der Waals surface area contributed by atoms with Gasteiger partial charge in [0.1, 0.15) is 79.5 Å². The average molecular weight is 1660 g/mol. The third kappa shape index (κ3) is 25.8. The van der Waals surface area contributed by atoms with Gasteiger partial charge in [-0.25, -0.2) is 0 Å². The van der Waals surface area contributed by atoms with Crippen molar-refractivity contribution in [3.05, 3.63) is 322 Å². The minimum atomic E-state index is -0.276. The summed E-state index contributed by atoms with van der Waals surface area (Å²) in [6.07, 6.45) is 7.99. The van der Waals surface area contributed by atoms with Gasteiger partial charge in [-0.05, 0) is 417 Å². The van der Waals surface area contributed by atoms with E-state index < -0.39 is 0 Å². The SMILES string of the molecule is CC(C)(C)Oc1ccc([S+](c2ccc(OC(C)(C)C)cc2)c2ccc(OC(C)(C)C)cc2)cc1.CC(C)(C)Oc1ccc([S+](c2ccccc2)c2ccc(OC(C)(C)C)cc2)cc1.CC1(Oc2ccc([S+](c3ccccc3)c3ccccc3)cc2)C2CC3CC(C2)CC1C3.CCC(C)(C)Oc1ccc([S+](c2ccccc2)c2ccccc2)cc1. The van der Waals surface area contributed by atoms with E-state index in [0.29, 0.717) is 0 Å². The summed E-state index contributed by atoms with van der Waals surface area (Å²) < 4.78 is 43.0. The van der Waals surface area contributed by atoms with Crippen molar-refractivity contribution in [2.75, 3.05) is 0 Å². The molecule has 16 rings (SSSR count). The molecule has 0 spiro atoms. The first-order chi connectivity index (χ1) is 56.6. The molecule has 0 atom stereocenters. The lowest BCUT2D eigenvalue weighted by Gasteiger charge is -2.59. The zero-order valence-electron chi connectivity index (χ0n) is 73.6. The van der Waals surface area contributed by atoms with Crippen LogP contribution in [0.25, 0.3) is 0 Å². The molecule has 0 heterocycles. The topological polar surface area (TPSA) is 64.6 Å². The number of benzene rings is 12. The summed E-state index contributed by atoms with van der Waals surface area (Å²) in [6.45, 7) is 39.8. The predicted octanol–water partition coefficient (Wildman–Crippen LogP) is 29.2. The summed E-state index contributed by atoms with van der Waals surface area (Å²) in [6, 6.07) is 114. The van der Waals surface area contributed by atoms with Crippen LogP contribution < -0.4 is 33.2 Å². The van der Waals surface area contributed by atoms with Crippen LogP contribution in [0.4, 0.5) is 0 Å². The third-order valence-electron chi connectivity index (χ3n) is 20.8. The fourth-order valence-electron chi connectivity index (χ4n) is 15.6. The second-order valence-corrected chi connectivity index (χ2v) is 45.1. The van der Waals surface area contributed by atoms with Crippen molar-refractivity contribution in [2.24, 2.45) is 23.7 Å². The van der Waals surface area contributed by atoms with E-state index in [9.17, 15) is 0 Å². The smallest absolute Gasteiger partial charge is 0.166 e. The number of rotatable bonds is 22. The van der Waals surface area contributed by atoms with Crippen LogP contribution in [0.1, 0.15) is 170 Å². The van der Waals surface area contributed by atoms with Gasteiger partial charge in [-0.1, -0.05) is 97.9 Å². The molecule has 0 N–H and O–H groups in total. The first-order valence-electron chi connectivity index (χ1n) is 42.3. The Kier molecular flexibility index (Phi) is 29.1. The Morgan fingerprint density at radius 1 is 0.227 bits per heavy atom. The monoisotopic (exact) mass is 1660 g/mol. The highest BCUT2D eigenvalue weighted by atomic mass is 32.2. The van der Waals surface area contributed by atoms with Crippen LogP contribution in [0.15, 0.2) is 380 Å². The summed E-state index contributed by atoms with van der Waals surface area (Å²) in [5.41, 5.74) is -1.20. The molecular formula is C108H126O7S4+4. The molecule has 12 aromatic rings. The fourth-order valence-corrected chi connectivity index (χ4v) is 23.9. The lowest BCUT2D eigenvalue weighted by atomic mass is 9.50. The quantitative estimate of drug-likeness (QED) is 0.0627. The molecule has 0 saturated heterocycles. The standard InChI is InChI=1S/C30H39O3S.C29H31OS.C26H31O2S.C23H25OS/c1-28(2,3)31-22-10-16-25(17-11-22)34(26-18-12-23(13-19-26)32-29(4,5)6)27-20-14-24(15-21-27)33-30(7,8)9;1-29(23-17-21-16-22(19-23)20-24(29)18-21)30-25-12-14-28(15-13-25)31(26-8-4-2-5-9-26)27-10-6-3-7-11-27;1-25(2,3)27-20-12-16-23(17-13-20)29(22-10-8-7-9-11-22)24-18-14-21(15-19-24)28-26(4,5)6;1-4-23(2,3)24-19-15-17-22(18-16-19)25(20-11-7-5-8-12-20)21-13-9-6-10-14-21/h10-21H,1-9H3;2-15,21-24H,16-20H2,1H3;7-19H,1-6H3;5-18H,4H2,1-3H3/q4*+1. The van der Waals surface area contributed by atoms with Crippen molar-refractivity contribution in [1.82, 2.24) is 0 Å². The molecule has 620 valence electrons. The van der Waals surface area contributed by atoms with Gasteiger partial charge in [0, 0.05) is 0 Å². The summed E-state index contributed by atoms with van der Waals surface area (Å²) >= 11 is 0. The highest BCUT2D eigenvalue weighted by Crippen LogP contribution is 2.59. The van der Waals surface area contributed by atoms with Gasteiger partial charge in [-0.3, -0.25) is 0 Å². The van der Waals surface area contributed by atoms with E-state index in [0.717, 1.165) is 70.3 Å². The van der Waals surface area contributed by atoms with Crippen LogP contribution in [-0.4, -0.2) is 39.2 Å². The van der Waals surface area contributed by atoms with Crippen LogP contribution in [0.2, 0.25) is 0 Å². The predicted molar refractivity (Wildman–Crippen MR) is 499 cm³/mol. The van der Waals surface area contributed by atoms with Crippen LogP contribution in [-0.2, 0) is 43.6 Å². The normalized spacial score (nSPS) is 17.1. The second kappa shape index (κ2) is 39.0. The van der Waals surface area contributed by atoms with Gasteiger partial charge >= 0.3 is 0 Å². The molecule has 7 nitrogen and oxygen atoms in total. The summed E-state index contributed by atoms with van der Waals surface area (Å²) in [7, 11) is -0.666. The van der Waals surface area contributed by atoms with Crippen molar-refractivity contribution in [1.29, 1.82) is 0 Å². The largest absolute Gasteiger partial charge is 0.488 e. The van der Waals surface area contributed by atoms with Gasteiger partial charge in [0.25, 0.3) is 0 Å². The van der Waals surface area contributed by atoms with E-state index in [-0.39, 0.29) is 82.8 Å². The molecule has 0 unspecified atom stereocenters. The molecule has 119 heavy (non-hydrogen) atoms. The minimum absolute atomic E-state index is 0.0233. The summed E-state index contributed by atoms with van der Waals surface area (Å²) in [4.78, 5) is 15.5. The Balaban J connectivity index is 0.000000146. The summed E-state index contributed by atoms with van der Waals surface area (Å²) in [5.74, 6) is 9.83. The molecule has 12 aromatic carbocycles. The van der Waals surface area contributed by atoms with Crippen LogP contribution in [0, 0.1) is 23.7 Å². The Hall–Kier alpha value is -9.36. The molecule has 4 saturated carbocycles. The lowest BCUT2D eigenvalue weighted by Crippen LogP contribution is -2.59. The molecule has 0 radical (unpaired) electrons. The van der Waals surface area contributed by atoms with E-state index in [2.05, 4.69) is 453 Å². The molecule has 11 heteroatoms. The summed E-state index contributed by atoms with van der Waals surface area (Å²) in [5, 5.41) is 0. The number of ether oxygens (including phenoxy) is 7. The van der Waals surface area contributed by atoms with Crippen molar-refractivity contribution in [2.45, 2.75) is 268 Å². The van der Waals surface area contributed by atoms with Gasteiger partial charge in [-0.15, -0.1) is 0 Å². The maximum Gasteiger partial charge on any atom is 0.166 e. The highest BCUT2D eigenvalue weighted by Gasteiger charge is 2.56. The Morgan fingerprint density at radius 2 is 0.395 bits per heavy atom. The molecule has 4 fully saturated rings.